The van der Waals surface area contributed by atoms with E-state index in [1.165, 1.54) is 0 Å². The third-order valence-electron chi connectivity index (χ3n) is 5.47. The predicted octanol–water partition coefficient (Wildman–Crippen LogP) is 3.87. The number of amides is 1. The summed E-state index contributed by atoms with van der Waals surface area (Å²) in [6.07, 6.45) is 3.69. The van der Waals surface area contributed by atoms with Gasteiger partial charge in [0.2, 0.25) is 0 Å². The Morgan fingerprint density at radius 2 is 2.17 bits per heavy atom. The highest BCUT2D eigenvalue weighted by Crippen LogP contribution is 2.38. The maximum Gasteiger partial charge on any atom is 0.407 e. The number of carbonyl (C=O) groups excluding carboxylic acids is 1. The van der Waals surface area contributed by atoms with Crippen LogP contribution in [0.5, 0.6) is 5.75 Å². The summed E-state index contributed by atoms with van der Waals surface area (Å²) in [6, 6.07) is 0. The molecule has 1 N–H and O–H groups in total. The number of fused-ring (bicyclic) bond motifs is 3. The molecule has 9 heteroatoms. The molecule has 164 valence electrons. The molecule has 30 heavy (non-hydrogen) atoms. The SMILES string of the molecule is Cc1nc2c3c(c(N4CCC[C@H](CNC(=O)OC(C)(C)C)C4)nn2c1Br)CCCO3. The molecular weight excluding hydrogens is 450 g/mol. The van der Waals surface area contributed by atoms with Gasteiger partial charge in [-0.05, 0) is 75.2 Å². The van der Waals surface area contributed by atoms with Gasteiger partial charge in [0.25, 0.3) is 0 Å². The molecule has 1 saturated heterocycles. The molecule has 2 aromatic rings. The Balaban J connectivity index is 1.55. The highest BCUT2D eigenvalue weighted by Gasteiger charge is 2.29. The van der Waals surface area contributed by atoms with Crippen molar-refractivity contribution in [3.63, 3.8) is 0 Å². The minimum Gasteiger partial charge on any atom is -0.489 e. The molecule has 0 spiro atoms. The van der Waals surface area contributed by atoms with E-state index in [-0.39, 0.29) is 6.09 Å². The summed E-state index contributed by atoms with van der Waals surface area (Å²) in [5, 5.41) is 7.88. The zero-order chi connectivity index (χ0) is 21.5. The zero-order valence-corrected chi connectivity index (χ0v) is 19.7. The van der Waals surface area contributed by atoms with Crippen molar-refractivity contribution in [2.75, 3.05) is 31.1 Å². The number of ether oxygens (including phenoxy) is 2. The summed E-state index contributed by atoms with van der Waals surface area (Å²) in [6.45, 7) is 10.7. The number of halogens is 1. The number of anilines is 1. The van der Waals surface area contributed by atoms with E-state index in [1.807, 2.05) is 32.2 Å². The molecule has 2 aromatic heterocycles. The van der Waals surface area contributed by atoms with Crippen LogP contribution >= 0.6 is 15.9 Å². The van der Waals surface area contributed by atoms with E-state index in [4.69, 9.17) is 14.6 Å². The second-order valence-corrected chi connectivity index (χ2v) is 9.89. The first kappa shape index (κ1) is 21.2. The van der Waals surface area contributed by atoms with Crippen molar-refractivity contribution in [1.82, 2.24) is 19.9 Å². The number of rotatable bonds is 3. The summed E-state index contributed by atoms with van der Waals surface area (Å²) in [5.41, 5.74) is 2.33. The van der Waals surface area contributed by atoms with Gasteiger partial charge in [-0.1, -0.05) is 0 Å². The number of nitrogens with zero attached hydrogens (tertiary/aromatic N) is 4. The largest absolute Gasteiger partial charge is 0.489 e. The van der Waals surface area contributed by atoms with E-state index in [0.29, 0.717) is 19.1 Å². The maximum absolute atomic E-state index is 12.0. The second-order valence-electron chi connectivity index (χ2n) is 9.14. The summed E-state index contributed by atoms with van der Waals surface area (Å²) in [7, 11) is 0. The molecule has 1 amide bonds. The number of hydrogen-bond acceptors (Lipinski definition) is 6. The van der Waals surface area contributed by atoms with Gasteiger partial charge in [-0.25, -0.2) is 14.3 Å². The molecule has 8 nitrogen and oxygen atoms in total. The molecule has 0 bridgehead atoms. The van der Waals surface area contributed by atoms with Crippen LogP contribution in [0.2, 0.25) is 0 Å². The van der Waals surface area contributed by atoms with Crippen LogP contribution in [0.1, 0.15) is 51.3 Å². The van der Waals surface area contributed by atoms with Crippen LogP contribution in [0.3, 0.4) is 0 Å². The van der Waals surface area contributed by atoms with Gasteiger partial charge in [-0.3, -0.25) is 0 Å². The molecule has 0 aromatic carbocycles. The summed E-state index contributed by atoms with van der Waals surface area (Å²) >= 11 is 3.62. The Kier molecular flexibility index (Phi) is 5.83. The standard InChI is InChI=1S/C21H30BrN5O3/c1-13-17(22)27-19(24-13)16-15(8-6-10-29-16)18(25-27)26-9-5-7-14(12-26)11-23-20(28)30-21(2,3)4/h14H,5-12H2,1-4H3,(H,23,28)/t14-/m1/s1. The van der Waals surface area contributed by atoms with Crippen LogP contribution in [0.15, 0.2) is 4.60 Å². The average Bonchev–Trinajstić information content (AvgIpc) is 2.99. The van der Waals surface area contributed by atoms with Crippen molar-refractivity contribution >= 4 is 33.5 Å². The maximum atomic E-state index is 12.0. The van der Waals surface area contributed by atoms with Crippen molar-refractivity contribution < 1.29 is 14.3 Å². The first-order valence-electron chi connectivity index (χ1n) is 10.7. The second kappa shape index (κ2) is 8.24. The smallest absolute Gasteiger partial charge is 0.407 e. The number of piperidine rings is 1. The van der Waals surface area contributed by atoms with Gasteiger partial charge in [0, 0.05) is 25.2 Å². The van der Waals surface area contributed by atoms with Crippen molar-refractivity contribution in [2.24, 2.45) is 5.92 Å². The van der Waals surface area contributed by atoms with E-state index in [1.54, 1.807) is 0 Å². The highest BCUT2D eigenvalue weighted by molar-refractivity contribution is 9.10. The van der Waals surface area contributed by atoms with Crippen LogP contribution in [-0.2, 0) is 11.2 Å². The van der Waals surface area contributed by atoms with Gasteiger partial charge in [0.05, 0.1) is 12.3 Å². The average molecular weight is 480 g/mol. The number of hydrogen-bond donors (Lipinski definition) is 1. The van der Waals surface area contributed by atoms with Gasteiger partial charge >= 0.3 is 6.09 Å². The first-order valence-corrected chi connectivity index (χ1v) is 11.4. The number of aromatic nitrogens is 3. The van der Waals surface area contributed by atoms with E-state index >= 15 is 0 Å². The summed E-state index contributed by atoms with van der Waals surface area (Å²) in [4.78, 5) is 19.0. The van der Waals surface area contributed by atoms with E-state index in [2.05, 4.69) is 31.1 Å². The summed E-state index contributed by atoms with van der Waals surface area (Å²) in [5.74, 6) is 2.17. The number of nitrogens with one attached hydrogen (secondary N) is 1. The molecular formula is C21H30BrN5O3. The molecule has 4 rings (SSSR count). The number of aryl methyl sites for hydroxylation is 1. The van der Waals surface area contributed by atoms with Gasteiger partial charge in [0.15, 0.2) is 17.2 Å². The molecule has 1 atom stereocenters. The Morgan fingerprint density at radius 3 is 2.93 bits per heavy atom. The van der Waals surface area contributed by atoms with Crippen LogP contribution in [0.25, 0.3) is 5.65 Å². The van der Waals surface area contributed by atoms with E-state index in [0.717, 1.165) is 71.8 Å². The monoisotopic (exact) mass is 479 g/mol. The van der Waals surface area contributed by atoms with E-state index in [9.17, 15) is 4.79 Å². The zero-order valence-electron chi connectivity index (χ0n) is 18.1. The lowest BCUT2D eigenvalue weighted by atomic mass is 9.97. The van der Waals surface area contributed by atoms with Crippen LogP contribution in [-0.4, -0.2) is 52.5 Å². The molecule has 4 heterocycles. The number of imidazole rings is 1. The van der Waals surface area contributed by atoms with Gasteiger partial charge in [-0.2, -0.15) is 0 Å². The lowest BCUT2D eigenvalue weighted by Crippen LogP contribution is -2.43. The van der Waals surface area contributed by atoms with Crippen molar-refractivity contribution in [3.05, 3.63) is 15.9 Å². The molecule has 2 aliphatic rings. The fourth-order valence-corrected chi connectivity index (χ4v) is 4.48. The fourth-order valence-electron chi connectivity index (χ4n) is 4.15. The number of alkyl carbamates (subject to hydrolysis) is 1. The third kappa shape index (κ3) is 4.36. The molecule has 0 aliphatic carbocycles. The van der Waals surface area contributed by atoms with Crippen LogP contribution < -0.4 is 15.0 Å². The van der Waals surface area contributed by atoms with Crippen molar-refractivity contribution in [1.29, 1.82) is 0 Å². The first-order chi connectivity index (χ1) is 14.2. The number of carbonyl (C=O) groups is 1. The third-order valence-corrected chi connectivity index (χ3v) is 6.38. The molecule has 1 fully saturated rings. The Bertz CT molecular complexity index is 952. The van der Waals surface area contributed by atoms with Gasteiger partial charge in [-0.15, -0.1) is 5.10 Å². The molecule has 0 saturated carbocycles. The lowest BCUT2D eigenvalue weighted by molar-refractivity contribution is 0.0517. The predicted molar refractivity (Wildman–Crippen MR) is 118 cm³/mol. The fraction of sp³-hybridized carbons (Fsp3) is 0.667. The highest BCUT2D eigenvalue weighted by atomic mass is 79.9. The Labute approximate surface area is 185 Å². The van der Waals surface area contributed by atoms with Crippen molar-refractivity contribution in [2.45, 2.75) is 59.0 Å². The van der Waals surface area contributed by atoms with E-state index < -0.39 is 5.60 Å². The Morgan fingerprint density at radius 1 is 1.37 bits per heavy atom. The van der Waals surface area contributed by atoms with Crippen LogP contribution in [0.4, 0.5) is 10.6 Å². The minimum absolute atomic E-state index is 0.344. The van der Waals surface area contributed by atoms with Crippen molar-refractivity contribution in [3.8, 4) is 5.75 Å². The lowest BCUT2D eigenvalue weighted by Gasteiger charge is -2.35. The van der Waals surface area contributed by atoms with Gasteiger partial charge < -0.3 is 19.7 Å². The molecule has 2 aliphatic heterocycles. The summed E-state index contributed by atoms with van der Waals surface area (Å²) < 4.78 is 14.1. The van der Waals surface area contributed by atoms with Gasteiger partial charge in [0.1, 0.15) is 10.2 Å². The minimum atomic E-state index is -0.489. The molecule has 0 unspecified atom stereocenters. The quantitative estimate of drug-likeness (QED) is 0.719. The van der Waals surface area contributed by atoms with Crippen LogP contribution in [0, 0.1) is 12.8 Å². The molecule has 0 radical (unpaired) electrons. The normalized spacial score (nSPS) is 19.4. The Hall–Kier alpha value is -2.03. The topological polar surface area (TPSA) is 81.0 Å².